The lowest BCUT2D eigenvalue weighted by Gasteiger charge is -2.48. The van der Waals surface area contributed by atoms with Crippen LogP contribution in [0, 0.1) is 0 Å². The Morgan fingerprint density at radius 3 is 1.87 bits per heavy atom. The highest BCUT2D eigenvalue weighted by atomic mass is 15.3. The lowest BCUT2D eigenvalue weighted by Crippen LogP contribution is -2.60. The van der Waals surface area contributed by atoms with E-state index in [1.165, 1.54) is 19.5 Å². The van der Waals surface area contributed by atoms with Crippen molar-refractivity contribution in [1.29, 1.82) is 0 Å². The van der Waals surface area contributed by atoms with E-state index in [2.05, 4.69) is 51.3 Å². The van der Waals surface area contributed by atoms with E-state index in [0.717, 1.165) is 6.04 Å². The van der Waals surface area contributed by atoms with Gasteiger partial charge in [-0.3, -0.25) is 9.80 Å². The van der Waals surface area contributed by atoms with Crippen molar-refractivity contribution < 1.29 is 0 Å². The van der Waals surface area contributed by atoms with Crippen molar-refractivity contribution in [2.24, 2.45) is 0 Å². The molecule has 1 aliphatic rings. The summed E-state index contributed by atoms with van der Waals surface area (Å²) >= 11 is 0. The highest BCUT2D eigenvalue weighted by molar-refractivity contribution is 4.88. The fraction of sp³-hybridized carbons (Fsp3) is 1.00. The number of hydrogen-bond donors (Lipinski definition) is 0. The Kier molecular flexibility index (Phi) is 4.60. The molecule has 3 unspecified atom stereocenters. The molecule has 2 nitrogen and oxygen atoms in total. The average Bonchev–Trinajstić information content (AvgIpc) is 2.16. The molecule has 0 bridgehead atoms. The lowest BCUT2D eigenvalue weighted by molar-refractivity contribution is -0.00165. The first-order valence-electron chi connectivity index (χ1n) is 6.48. The summed E-state index contributed by atoms with van der Waals surface area (Å²) in [5, 5.41) is 0. The predicted molar refractivity (Wildman–Crippen MR) is 67.2 cm³/mol. The van der Waals surface area contributed by atoms with Gasteiger partial charge in [0, 0.05) is 37.3 Å². The second-order valence-corrected chi connectivity index (χ2v) is 5.45. The summed E-state index contributed by atoms with van der Waals surface area (Å²) in [6.45, 7) is 16.5. The molecule has 0 aliphatic carbocycles. The van der Waals surface area contributed by atoms with Crippen LogP contribution in [0.5, 0.6) is 0 Å². The van der Waals surface area contributed by atoms with Gasteiger partial charge in [-0.25, -0.2) is 0 Å². The van der Waals surface area contributed by atoms with Crippen LogP contribution in [0.1, 0.15) is 48.0 Å². The molecule has 1 rings (SSSR count). The zero-order valence-electron chi connectivity index (χ0n) is 11.3. The molecule has 0 amide bonds. The van der Waals surface area contributed by atoms with Crippen molar-refractivity contribution in [3.8, 4) is 0 Å². The van der Waals surface area contributed by atoms with Crippen LogP contribution < -0.4 is 0 Å². The fourth-order valence-electron chi connectivity index (χ4n) is 2.88. The molecule has 1 heterocycles. The van der Waals surface area contributed by atoms with Crippen molar-refractivity contribution in [3.63, 3.8) is 0 Å². The Balaban J connectivity index is 2.64. The standard InChI is InChI=1S/C13H28N2/c1-7-11(4)15-12(5)8-14(10(2)3)9-13(15)6/h10-13H,7-9H2,1-6H3. The molecule has 0 radical (unpaired) electrons. The van der Waals surface area contributed by atoms with Crippen LogP contribution >= 0.6 is 0 Å². The summed E-state index contributed by atoms with van der Waals surface area (Å²) in [7, 11) is 0. The van der Waals surface area contributed by atoms with Gasteiger partial charge in [0.15, 0.2) is 0 Å². The third-order valence-corrected chi connectivity index (χ3v) is 3.85. The maximum absolute atomic E-state index is 2.69. The lowest BCUT2D eigenvalue weighted by atomic mass is 10.0. The normalized spacial score (nSPS) is 32.2. The molecular weight excluding hydrogens is 184 g/mol. The van der Waals surface area contributed by atoms with E-state index in [-0.39, 0.29) is 0 Å². The molecule has 0 N–H and O–H groups in total. The summed E-state index contributed by atoms with van der Waals surface area (Å²) in [5.41, 5.74) is 0. The number of rotatable bonds is 3. The van der Waals surface area contributed by atoms with E-state index in [9.17, 15) is 0 Å². The second kappa shape index (κ2) is 5.31. The number of piperazine rings is 1. The van der Waals surface area contributed by atoms with Crippen molar-refractivity contribution in [3.05, 3.63) is 0 Å². The van der Waals surface area contributed by atoms with Gasteiger partial charge in [0.05, 0.1) is 0 Å². The molecule has 1 aliphatic heterocycles. The van der Waals surface area contributed by atoms with Gasteiger partial charge < -0.3 is 0 Å². The number of nitrogens with zero attached hydrogens (tertiary/aromatic N) is 2. The van der Waals surface area contributed by atoms with Gasteiger partial charge in [0.25, 0.3) is 0 Å². The Labute approximate surface area is 95.6 Å². The zero-order valence-corrected chi connectivity index (χ0v) is 11.3. The maximum atomic E-state index is 2.69. The van der Waals surface area contributed by atoms with E-state index in [1.807, 2.05) is 0 Å². The summed E-state index contributed by atoms with van der Waals surface area (Å²) in [6, 6.07) is 2.82. The fourth-order valence-corrected chi connectivity index (χ4v) is 2.88. The van der Waals surface area contributed by atoms with Gasteiger partial charge in [-0.1, -0.05) is 6.92 Å². The average molecular weight is 212 g/mol. The molecule has 0 saturated carbocycles. The van der Waals surface area contributed by atoms with Crippen LogP contribution in [-0.4, -0.2) is 47.1 Å². The molecule has 0 aromatic rings. The second-order valence-electron chi connectivity index (χ2n) is 5.45. The zero-order chi connectivity index (χ0) is 11.6. The monoisotopic (exact) mass is 212 g/mol. The van der Waals surface area contributed by atoms with Gasteiger partial charge in [-0.2, -0.15) is 0 Å². The molecule has 1 saturated heterocycles. The van der Waals surface area contributed by atoms with E-state index in [1.54, 1.807) is 0 Å². The quantitative estimate of drug-likeness (QED) is 0.709. The molecule has 90 valence electrons. The summed E-state index contributed by atoms with van der Waals surface area (Å²) in [4.78, 5) is 5.30. The first-order chi connectivity index (χ1) is 6.97. The highest BCUT2D eigenvalue weighted by Crippen LogP contribution is 2.21. The molecule has 15 heavy (non-hydrogen) atoms. The summed E-state index contributed by atoms with van der Waals surface area (Å²) in [6.07, 6.45) is 1.26. The minimum absolute atomic E-state index is 0.689. The van der Waals surface area contributed by atoms with E-state index < -0.39 is 0 Å². The van der Waals surface area contributed by atoms with Gasteiger partial charge in [-0.15, -0.1) is 0 Å². The molecule has 3 atom stereocenters. The van der Waals surface area contributed by atoms with Crippen molar-refractivity contribution >= 4 is 0 Å². The molecule has 1 fully saturated rings. The first-order valence-corrected chi connectivity index (χ1v) is 6.48. The molecule has 0 aromatic heterocycles. The van der Waals surface area contributed by atoms with Crippen LogP contribution in [0.4, 0.5) is 0 Å². The largest absolute Gasteiger partial charge is 0.298 e. The maximum Gasteiger partial charge on any atom is 0.0201 e. The van der Waals surface area contributed by atoms with Crippen LogP contribution in [-0.2, 0) is 0 Å². The Morgan fingerprint density at radius 1 is 1.07 bits per heavy atom. The van der Waals surface area contributed by atoms with E-state index in [0.29, 0.717) is 18.1 Å². The van der Waals surface area contributed by atoms with Gasteiger partial charge in [-0.05, 0) is 41.0 Å². The molecule has 0 spiro atoms. The van der Waals surface area contributed by atoms with E-state index >= 15 is 0 Å². The van der Waals surface area contributed by atoms with Gasteiger partial charge in [0.1, 0.15) is 0 Å². The summed E-state index contributed by atoms with van der Waals surface area (Å²) in [5.74, 6) is 0. The van der Waals surface area contributed by atoms with Gasteiger partial charge >= 0.3 is 0 Å². The minimum atomic E-state index is 0.689. The number of hydrogen-bond acceptors (Lipinski definition) is 2. The minimum Gasteiger partial charge on any atom is -0.298 e. The highest BCUT2D eigenvalue weighted by Gasteiger charge is 2.32. The summed E-state index contributed by atoms with van der Waals surface area (Å²) < 4.78 is 0. The van der Waals surface area contributed by atoms with Crippen molar-refractivity contribution in [1.82, 2.24) is 9.80 Å². The van der Waals surface area contributed by atoms with Crippen LogP contribution in [0.2, 0.25) is 0 Å². The third kappa shape index (κ3) is 2.94. The topological polar surface area (TPSA) is 6.48 Å². The van der Waals surface area contributed by atoms with Crippen LogP contribution in [0.25, 0.3) is 0 Å². The smallest absolute Gasteiger partial charge is 0.0201 e. The molecule has 0 aromatic carbocycles. The Morgan fingerprint density at radius 2 is 1.53 bits per heavy atom. The van der Waals surface area contributed by atoms with Crippen molar-refractivity contribution in [2.45, 2.75) is 72.1 Å². The van der Waals surface area contributed by atoms with Crippen LogP contribution in [0.3, 0.4) is 0 Å². The predicted octanol–water partition coefficient (Wildman–Crippen LogP) is 2.59. The SMILES string of the molecule is CCC(C)N1C(C)CN(C(C)C)CC1C. The first kappa shape index (κ1) is 13.0. The molecule has 2 heteroatoms. The van der Waals surface area contributed by atoms with Crippen molar-refractivity contribution in [2.75, 3.05) is 13.1 Å². The Hall–Kier alpha value is -0.0800. The van der Waals surface area contributed by atoms with Gasteiger partial charge in [0.2, 0.25) is 0 Å². The Bertz CT molecular complexity index is 179. The molecular formula is C13H28N2. The third-order valence-electron chi connectivity index (χ3n) is 3.85. The van der Waals surface area contributed by atoms with E-state index in [4.69, 9.17) is 0 Å². The van der Waals surface area contributed by atoms with Crippen LogP contribution in [0.15, 0.2) is 0 Å².